The summed E-state index contributed by atoms with van der Waals surface area (Å²) in [5.74, 6) is -0.176. The number of primary amides is 1. The van der Waals surface area contributed by atoms with E-state index >= 15 is 0 Å². The molecule has 0 aromatic carbocycles. The van der Waals surface area contributed by atoms with E-state index in [-0.39, 0.29) is 11.9 Å². The predicted octanol–water partition coefficient (Wildman–Crippen LogP) is -0.275. The Labute approximate surface area is 78.0 Å². The van der Waals surface area contributed by atoms with E-state index < -0.39 is 0 Å². The Morgan fingerprint density at radius 1 is 1.46 bits per heavy atom. The molecule has 2 saturated heterocycles. The van der Waals surface area contributed by atoms with Crippen molar-refractivity contribution >= 4 is 5.91 Å². The minimum Gasteiger partial charge on any atom is -0.380 e. The summed E-state index contributed by atoms with van der Waals surface area (Å²) in [4.78, 5) is 13.3. The summed E-state index contributed by atoms with van der Waals surface area (Å²) in [7, 11) is 0. The van der Waals surface area contributed by atoms with Crippen LogP contribution in [-0.4, -0.2) is 42.6 Å². The van der Waals surface area contributed by atoms with E-state index in [1.807, 2.05) is 0 Å². The lowest BCUT2D eigenvalue weighted by atomic mass is 10.1. The number of nitrogens with zero attached hydrogens (tertiary/aromatic N) is 1. The first-order chi connectivity index (χ1) is 6.29. The molecule has 74 valence electrons. The third-order valence-electron chi connectivity index (χ3n) is 3.00. The fourth-order valence-electron chi connectivity index (χ4n) is 2.32. The number of amides is 1. The van der Waals surface area contributed by atoms with E-state index in [0.29, 0.717) is 6.04 Å². The largest absolute Gasteiger partial charge is 0.380 e. The molecule has 0 aliphatic carbocycles. The van der Waals surface area contributed by atoms with Crippen LogP contribution in [0.25, 0.3) is 0 Å². The maximum Gasteiger partial charge on any atom is 0.234 e. The van der Waals surface area contributed by atoms with E-state index in [0.717, 1.165) is 39.0 Å². The highest BCUT2D eigenvalue weighted by Crippen LogP contribution is 2.23. The van der Waals surface area contributed by atoms with Crippen LogP contribution in [0, 0.1) is 0 Å². The van der Waals surface area contributed by atoms with Gasteiger partial charge < -0.3 is 10.5 Å². The highest BCUT2D eigenvalue weighted by molar-refractivity contribution is 5.80. The van der Waals surface area contributed by atoms with E-state index in [1.54, 1.807) is 0 Å². The van der Waals surface area contributed by atoms with Crippen molar-refractivity contribution in [3.63, 3.8) is 0 Å². The Kier molecular flexibility index (Phi) is 2.51. The van der Waals surface area contributed by atoms with Gasteiger partial charge in [-0.15, -0.1) is 0 Å². The topological polar surface area (TPSA) is 55.6 Å². The molecule has 4 nitrogen and oxygen atoms in total. The fraction of sp³-hybridized carbons (Fsp3) is 0.889. The molecule has 2 rings (SSSR count). The van der Waals surface area contributed by atoms with Gasteiger partial charge in [-0.2, -0.15) is 0 Å². The van der Waals surface area contributed by atoms with E-state index in [9.17, 15) is 4.79 Å². The summed E-state index contributed by atoms with van der Waals surface area (Å²) in [5, 5.41) is 0. The molecule has 2 fully saturated rings. The molecule has 1 amide bonds. The molecule has 0 aromatic heterocycles. The Balaban J connectivity index is 2.00. The summed E-state index contributed by atoms with van der Waals surface area (Å²) >= 11 is 0. The quantitative estimate of drug-likeness (QED) is 0.642. The number of likely N-dealkylation sites (tertiary alicyclic amines) is 1. The summed E-state index contributed by atoms with van der Waals surface area (Å²) in [6.07, 6.45) is 3.06. The Morgan fingerprint density at radius 2 is 2.31 bits per heavy atom. The van der Waals surface area contributed by atoms with Crippen LogP contribution in [0.4, 0.5) is 0 Å². The number of nitrogens with two attached hydrogens (primary N) is 1. The Bertz CT molecular complexity index is 202. The van der Waals surface area contributed by atoms with Crippen molar-refractivity contribution in [3.8, 4) is 0 Å². The lowest BCUT2D eigenvalue weighted by molar-refractivity contribution is -0.123. The van der Waals surface area contributed by atoms with E-state index in [2.05, 4.69) is 4.90 Å². The maximum atomic E-state index is 11.1. The van der Waals surface area contributed by atoms with Crippen molar-refractivity contribution in [1.82, 2.24) is 4.90 Å². The highest BCUT2D eigenvalue weighted by Gasteiger charge is 2.35. The van der Waals surface area contributed by atoms with Crippen LogP contribution < -0.4 is 5.73 Å². The molecule has 0 aromatic rings. The third-order valence-corrected chi connectivity index (χ3v) is 3.00. The number of carbonyl (C=O) groups excluding carboxylic acids is 1. The average molecular weight is 184 g/mol. The molecular weight excluding hydrogens is 168 g/mol. The second-order valence-electron chi connectivity index (χ2n) is 3.82. The molecule has 0 radical (unpaired) electrons. The monoisotopic (exact) mass is 184 g/mol. The second kappa shape index (κ2) is 3.64. The molecule has 0 spiro atoms. The van der Waals surface area contributed by atoms with Crippen molar-refractivity contribution in [2.75, 3.05) is 19.8 Å². The van der Waals surface area contributed by atoms with Gasteiger partial charge in [0.1, 0.15) is 0 Å². The van der Waals surface area contributed by atoms with Gasteiger partial charge in [0.25, 0.3) is 0 Å². The maximum absolute atomic E-state index is 11.1. The van der Waals surface area contributed by atoms with Crippen LogP contribution >= 0.6 is 0 Å². The standard InChI is InChI=1S/C9H16N2O2/c10-9(12)8-2-1-4-11(8)7-3-5-13-6-7/h7-8H,1-6H2,(H2,10,12)/t7-,8?/m1/s1. The minimum atomic E-state index is -0.176. The molecule has 0 saturated carbocycles. The third kappa shape index (κ3) is 1.69. The van der Waals surface area contributed by atoms with Gasteiger partial charge >= 0.3 is 0 Å². The number of ether oxygens (including phenoxy) is 1. The van der Waals surface area contributed by atoms with Gasteiger partial charge in [-0.05, 0) is 25.8 Å². The van der Waals surface area contributed by atoms with Gasteiger partial charge in [0.15, 0.2) is 0 Å². The SMILES string of the molecule is NC(=O)C1CCCN1[C@@H]1CCOC1. The Morgan fingerprint density at radius 3 is 2.92 bits per heavy atom. The van der Waals surface area contributed by atoms with Crippen LogP contribution in [0.15, 0.2) is 0 Å². The first kappa shape index (κ1) is 8.97. The predicted molar refractivity (Wildman–Crippen MR) is 48.1 cm³/mol. The summed E-state index contributed by atoms with van der Waals surface area (Å²) in [5.41, 5.74) is 5.33. The summed E-state index contributed by atoms with van der Waals surface area (Å²) < 4.78 is 5.30. The number of hydrogen-bond donors (Lipinski definition) is 1. The molecule has 2 atom stereocenters. The Hall–Kier alpha value is -0.610. The highest BCUT2D eigenvalue weighted by atomic mass is 16.5. The van der Waals surface area contributed by atoms with Crippen LogP contribution in [0.2, 0.25) is 0 Å². The van der Waals surface area contributed by atoms with E-state index in [1.165, 1.54) is 0 Å². The molecule has 0 bridgehead atoms. The molecule has 2 aliphatic rings. The smallest absolute Gasteiger partial charge is 0.234 e. The molecule has 2 aliphatic heterocycles. The van der Waals surface area contributed by atoms with Gasteiger partial charge in [-0.3, -0.25) is 9.69 Å². The molecule has 13 heavy (non-hydrogen) atoms. The van der Waals surface area contributed by atoms with E-state index in [4.69, 9.17) is 10.5 Å². The lowest BCUT2D eigenvalue weighted by Gasteiger charge is -2.27. The number of carbonyl (C=O) groups is 1. The van der Waals surface area contributed by atoms with Crippen molar-refractivity contribution in [3.05, 3.63) is 0 Å². The zero-order valence-corrected chi connectivity index (χ0v) is 7.74. The van der Waals surface area contributed by atoms with Crippen molar-refractivity contribution < 1.29 is 9.53 Å². The van der Waals surface area contributed by atoms with Crippen LogP contribution in [-0.2, 0) is 9.53 Å². The van der Waals surface area contributed by atoms with Crippen molar-refractivity contribution in [1.29, 1.82) is 0 Å². The fourth-order valence-corrected chi connectivity index (χ4v) is 2.32. The molecule has 2 N–H and O–H groups in total. The number of hydrogen-bond acceptors (Lipinski definition) is 3. The first-order valence-corrected chi connectivity index (χ1v) is 4.92. The first-order valence-electron chi connectivity index (χ1n) is 4.92. The van der Waals surface area contributed by atoms with Crippen molar-refractivity contribution in [2.24, 2.45) is 5.73 Å². The number of rotatable bonds is 2. The molecule has 1 unspecified atom stereocenters. The van der Waals surface area contributed by atoms with Crippen LogP contribution in [0.3, 0.4) is 0 Å². The van der Waals surface area contributed by atoms with Gasteiger partial charge in [-0.25, -0.2) is 0 Å². The average Bonchev–Trinajstić information content (AvgIpc) is 2.74. The normalized spacial score (nSPS) is 35.4. The summed E-state index contributed by atoms with van der Waals surface area (Å²) in [6.45, 7) is 2.60. The van der Waals surface area contributed by atoms with Gasteiger partial charge in [0, 0.05) is 12.6 Å². The minimum absolute atomic E-state index is 0.0355. The van der Waals surface area contributed by atoms with Gasteiger partial charge in [0.2, 0.25) is 5.91 Å². The second-order valence-corrected chi connectivity index (χ2v) is 3.82. The zero-order valence-electron chi connectivity index (χ0n) is 7.74. The zero-order chi connectivity index (χ0) is 9.26. The lowest BCUT2D eigenvalue weighted by Crippen LogP contribution is -2.46. The molecule has 4 heteroatoms. The van der Waals surface area contributed by atoms with Crippen LogP contribution in [0.1, 0.15) is 19.3 Å². The molecule has 2 heterocycles. The molecular formula is C9H16N2O2. The van der Waals surface area contributed by atoms with Crippen LogP contribution in [0.5, 0.6) is 0 Å². The van der Waals surface area contributed by atoms with Crippen molar-refractivity contribution in [2.45, 2.75) is 31.3 Å². The van der Waals surface area contributed by atoms with Gasteiger partial charge in [0.05, 0.1) is 12.6 Å². The summed E-state index contributed by atoms with van der Waals surface area (Å²) in [6, 6.07) is 0.395. The van der Waals surface area contributed by atoms with Gasteiger partial charge in [-0.1, -0.05) is 0 Å².